The number of anilines is 2. The molecule has 1 aromatic carbocycles. The van der Waals surface area contributed by atoms with E-state index >= 15 is 0 Å². The molecule has 4 nitrogen and oxygen atoms in total. The van der Waals surface area contributed by atoms with Crippen molar-refractivity contribution in [3.8, 4) is 0 Å². The molecule has 2 aromatic rings. The highest BCUT2D eigenvalue weighted by atomic mass is 35.5. The van der Waals surface area contributed by atoms with E-state index in [-0.39, 0.29) is 15.8 Å². The molecule has 1 aromatic heterocycles. The largest absolute Gasteiger partial charge is 0.418 e. The van der Waals surface area contributed by atoms with Crippen molar-refractivity contribution in [1.29, 1.82) is 0 Å². The van der Waals surface area contributed by atoms with Gasteiger partial charge in [0.1, 0.15) is 5.69 Å². The molecule has 2 rings (SSSR count). The molecule has 9 heteroatoms. The number of thiazole rings is 1. The first-order valence-corrected chi connectivity index (χ1v) is 6.43. The van der Waals surface area contributed by atoms with Gasteiger partial charge in [-0.1, -0.05) is 17.7 Å². The number of aromatic nitrogens is 1. The van der Waals surface area contributed by atoms with E-state index in [1.54, 1.807) is 0 Å². The number of alkyl halides is 3. The van der Waals surface area contributed by atoms with E-state index in [1.165, 1.54) is 11.4 Å². The molecule has 0 fully saturated rings. The van der Waals surface area contributed by atoms with Crippen LogP contribution in [0.2, 0.25) is 5.02 Å². The molecule has 106 valence electrons. The molecule has 0 aliphatic heterocycles. The Morgan fingerprint density at radius 3 is 2.65 bits per heavy atom. The number of hydrogen-bond acceptors (Lipinski definition) is 4. The molecule has 1 amide bonds. The average molecular weight is 322 g/mol. The number of amides is 1. The summed E-state index contributed by atoms with van der Waals surface area (Å²) in [5.41, 5.74) is 3.76. The van der Waals surface area contributed by atoms with Crippen LogP contribution in [0.5, 0.6) is 0 Å². The monoisotopic (exact) mass is 321 g/mol. The van der Waals surface area contributed by atoms with Crippen molar-refractivity contribution < 1.29 is 18.0 Å². The molecule has 0 atom stereocenters. The Labute approximate surface area is 120 Å². The number of benzene rings is 1. The fraction of sp³-hybridized carbons (Fsp3) is 0.0909. The van der Waals surface area contributed by atoms with Gasteiger partial charge in [0.2, 0.25) is 0 Å². The van der Waals surface area contributed by atoms with Crippen molar-refractivity contribution in [3.05, 3.63) is 39.9 Å². The van der Waals surface area contributed by atoms with Gasteiger partial charge in [0.15, 0.2) is 5.13 Å². The maximum absolute atomic E-state index is 12.8. The van der Waals surface area contributed by atoms with Gasteiger partial charge in [0, 0.05) is 5.38 Å². The second kappa shape index (κ2) is 5.29. The number of nitrogen functional groups attached to an aromatic ring is 1. The smallest absolute Gasteiger partial charge is 0.375 e. The number of hydrogen-bond donors (Lipinski definition) is 2. The summed E-state index contributed by atoms with van der Waals surface area (Å²) in [4.78, 5) is 15.5. The summed E-state index contributed by atoms with van der Waals surface area (Å²) in [5.74, 6) is -0.809. The van der Waals surface area contributed by atoms with E-state index in [1.807, 2.05) is 0 Å². The Hall–Kier alpha value is -1.80. The molecule has 3 N–H and O–H groups in total. The zero-order chi connectivity index (χ0) is 14.9. The van der Waals surface area contributed by atoms with Crippen molar-refractivity contribution in [1.82, 2.24) is 4.98 Å². The predicted octanol–water partition coefficient (Wildman–Crippen LogP) is 3.65. The van der Waals surface area contributed by atoms with Crippen molar-refractivity contribution >= 4 is 39.7 Å². The lowest BCUT2D eigenvalue weighted by Crippen LogP contribution is -2.17. The van der Waals surface area contributed by atoms with Gasteiger partial charge in [0.05, 0.1) is 16.3 Å². The van der Waals surface area contributed by atoms with E-state index < -0.39 is 23.3 Å². The quantitative estimate of drug-likeness (QED) is 0.887. The molecule has 0 saturated heterocycles. The highest BCUT2D eigenvalue weighted by molar-refractivity contribution is 7.13. The number of rotatable bonds is 2. The van der Waals surface area contributed by atoms with Crippen LogP contribution in [0.1, 0.15) is 16.1 Å². The lowest BCUT2D eigenvalue weighted by atomic mass is 10.1. The highest BCUT2D eigenvalue weighted by Gasteiger charge is 2.35. The van der Waals surface area contributed by atoms with E-state index in [4.69, 9.17) is 17.3 Å². The molecule has 0 radical (unpaired) electrons. The fourth-order valence-corrected chi connectivity index (χ4v) is 2.22. The van der Waals surface area contributed by atoms with Crippen LogP contribution in [0.15, 0.2) is 23.6 Å². The molecular formula is C11H7ClF3N3OS. The molecule has 0 spiro atoms. The standard InChI is InChI=1S/C11H7ClF3N3OS/c12-6-3-1-2-5(11(13,14)15)8(6)18-9(19)7-4-20-10(16)17-7/h1-4H,(H2,16,17)(H,18,19). The summed E-state index contributed by atoms with van der Waals surface area (Å²) in [6, 6.07) is 3.24. The maximum atomic E-state index is 12.8. The number of para-hydroxylation sites is 1. The van der Waals surface area contributed by atoms with E-state index in [0.29, 0.717) is 0 Å². The molecule has 20 heavy (non-hydrogen) atoms. The Kier molecular flexibility index (Phi) is 3.87. The SMILES string of the molecule is Nc1nc(C(=O)Nc2c(Cl)cccc2C(F)(F)F)cs1. The third kappa shape index (κ3) is 3.02. The molecule has 1 heterocycles. The Balaban J connectivity index is 2.36. The number of halogens is 4. The van der Waals surface area contributed by atoms with E-state index in [0.717, 1.165) is 23.5 Å². The van der Waals surface area contributed by atoms with Crippen LogP contribution in [0.25, 0.3) is 0 Å². The minimum absolute atomic E-state index is 0.0689. The van der Waals surface area contributed by atoms with Crippen molar-refractivity contribution in [2.75, 3.05) is 11.1 Å². The van der Waals surface area contributed by atoms with Crippen LogP contribution in [0, 0.1) is 0 Å². The lowest BCUT2D eigenvalue weighted by molar-refractivity contribution is -0.136. The molecule has 0 bridgehead atoms. The first-order valence-electron chi connectivity index (χ1n) is 5.17. The summed E-state index contributed by atoms with van der Waals surface area (Å²) in [7, 11) is 0. The van der Waals surface area contributed by atoms with Crippen LogP contribution >= 0.6 is 22.9 Å². The van der Waals surface area contributed by atoms with Crippen LogP contribution < -0.4 is 11.1 Å². The zero-order valence-corrected chi connectivity index (χ0v) is 11.2. The van der Waals surface area contributed by atoms with Gasteiger partial charge in [-0.15, -0.1) is 11.3 Å². The summed E-state index contributed by atoms with van der Waals surface area (Å²) in [5, 5.41) is 3.39. The molecule has 0 aliphatic rings. The van der Waals surface area contributed by atoms with Crippen LogP contribution in [-0.2, 0) is 6.18 Å². The average Bonchev–Trinajstić information content (AvgIpc) is 2.77. The summed E-state index contributed by atoms with van der Waals surface area (Å²) < 4.78 is 38.5. The zero-order valence-electron chi connectivity index (χ0n) is 9.66. The summed E-state index contributed by atoms with van der Waals surface area (Å²) >= 11 is 6.72. The number of nitrogens with zero attached hydrogens (tertiary/aromatic N) is 1. The minimum Gasteiger partial charge on any atom is -0.375 e. The number of carbonyl (C=O) groups is 1. The van der Waals surface area contributed by atoms with Crippen molar-refractivity contribution in [3.63, 3.8) is 0 Å². The number of nitrogens with two attached hydrogens (primary N) is 1. The first-order chi connectivity index (χ1) is 9.29. The van der Waals surface area contributed by atoms with Gasteiger partial charge in [-0.25, -0.2) is 4.98 Å². The number of nitrogens with one attached hydrogen (secondary N) is 1. The number of carbonyl (C=O) groups excluding carboxylic acids is 1. The second-order valence-electron chi connectivity index (χ2n) is 3.69. The summed E-state index contributed by atoms with van der Waals surface area (Å²) in [6.45, 7) is 0. The fourth-order valence-electron chi connectivity index (χ4n) is 1.46. The van der Waals surface area contributed by atoms with Gasteiger partial charge < -0.3 is 11.1 Å². The Morgan fingerprint density at radius 2 is 2.10 bits per heavy atom. The first kappa shape index (κ1) is 14.6. The van der Waals surface area contributed by atoms with Crippen molar-refractivity contribution in [2.45, 2.75) is 6.18 Å². The van der Waals surface area contributed by atoms with Gasteiger partial charge >= 0.3 is 6.18 Å². The third-order valence-corrected chi connectivity index (χ3v) is 3.30. The molecule has 0 unspecified atom stereocenters. The summed E-state index contributed by atoms with van der Waals surface area (Å²) in [6.07, 6.45) is -4.63. The van der Waals surface area contributed by atoms with Gasteiger partial charge in [-0.05, 0) is 12.1 Å². The van der Waals surface area contributed by atoms with Crippen molar-refractivity contribution in [2.24, 2.45) is 0 Å². The maximum Gasteiger partial charge on any atom is 0.418 e. The molecule has 0 saturated carbocycles. The Bertz CT molecular complexity index is 657. The molecule has 0 aliphatic carbocycles. The second-order valence-corrected chi connectivity index (χ2v) is 4.98. The normalized spacial score (nSPS) is 11.4. The van der Waals surface area contributed by atoms with E-state index in [2.05, 4.69) is 10.3 Å². The minimum atomic E-state index is -4.63. The van der Waals surface area contributed by atoms with Gasteiger partial charge in [-0.3, -0.25) is 4.79 Å². The van der Waals surface area contributed by atoms with Gasteiger partial charge in [-0.2, -0.15) is 13.2 Å². The lowest BCUT2D eigenvalue weighted by Gasteiger charge is -2.14. The van der Waals surface area contributed by atoms with Gasteiger partial charge in [0.25, 0.3) is 5.91 Å². The van der Waals surface area contributed by atoms with E-state index in [9.17, 15) is 18.0 Å². The van der Waals surface area contributed by atoms with Crippen LogP contribution in [0.4, 0.5) is 24.0 Å². The molecular weight excluding hydrogens is 315 g/mol. The highest BCUT2D eigenvalue weighted by Crippen LogP contribution is 2.38. The van der Waals surface area contributed by atoms with Crippen LogP contribution in [0.3, 0.4) is 0 Å². The van der Waals surface area contributed by atoms with Crippen LogP contribution in [-0.4, -0.2) is 10.9 Å². The Morgan fingerprint density at radius 1 is 1.40 bits per heavy atom. The topological polar surface area (TPSA) is 68.0 Å². The third-order valence-electron chi connectivity index (χ3n) is 2.31. The predicted molar refractivity (Wildman–Crippen MR) is 70.9 cm³/mol.